The maximum atomic E-state index is 5.71. The van der Waals surface area contributed by atoms with Crippen molar-refractivity contribution in [2.45, 2.75) is 31.7 Å². The van der Waals surface area contributed by atoms with Crippen molar-refractivity contribution in [2.75, 3.05) is 11.1 Å². The van der Waals surface area contributed by atoms with Crippen LogP contribution in [-0.2, 0) is 0 Å². The minimum atomic E-state index is 0.550. The van der Waals surface area contributed by atoms with Crippen LogP contribution in [-0.4, -0.2) is 21.2 Å². The number of nitrogens with one attached hydrogen (secondary N) is 1. The highest BCUT2D eigenvalue weighted by Crippen LogP contribution is 2.22. The maximum absolute atomic E-state index is 5.71. The molecule has 0 unspecified atom stereocenters. The Balaban J connectivity index is 1.74. The van der Waals surface area contributed by atoms with Crippen LogP contribution in [0.3, 0.4) is 0 Å². The molecule has 0 spiro atoms. The Morgan fingerprint density at radius 3 is 2.63 bits per heavy atom. The average molecular weight is 255 g/mol. The van der Waals surface area contributed by atoms with E-state index in [0.717, 1.165) is 17.1 Å². The second kappa shape index (κ2) is 5.22. The molecule has 5 nitrogen and oxygen atoms in total. The summed E-state index contributed by atoms with van der Waals surface area (Å²) in [6.45, 7) is 0. The highest BCUT2D eigenvalue weighted by atomic mass is 15.2. The van der Waals surface area contributed by atoms with Gasteiger partial charge < -0.3 is 11.1 Å². The molecule has 0 aromatic carbocycles. The van der Waals surface area contributed by atoms with Crippen molar-refractivity contribution in [2.24, 2.45) is 0 Å². The number of nitrogen functional groups attached to an aromatic ring is 1. The van der Waals surface area contributed by atoms with Crippen molar-refractivity contribution in [3.63, 3.8) is 0 Å². The Kier molecular flexibility index (Phi) is 3.27. The molecule has 0 radical (unpaired) electrons. The van der Waals surface area contributed by atoms with Crippen LogP contribution in [0.15, 0.2) is 30.6 Å². The Labute approximate surface area is 112 Å². The topological polar surface area (TPSA) is 76.7 Å². The first-order valence-electron chi connectivity index (χ1n) is 6.62. The first kappa shape index (κ1) is 11.9. The van der Waals surface area contributed by atoms with Crippen LogP contribution in [0.4, 0.5) is 11.5 Å². The molecule has 0 aliphatic heterocycles. The van der Waals surface area contributed by atoms with E-state index in [1.165, 1.54) is 25.7 Å². The summed E-state index contributed by atoms with van der Waals surface area (Å²) in [4.78, 5) is 4.06. The number of hydrogen-bond donors (Lipinski definition) is 2. The molecule has 2 aromatic heterocycles. The van der Waals surface area contributed by atoms with E-state index in [9.17, 15) is 0 Å². The van der Waals surface area contributed by atoms with E-state index in [4.69, 9.17) is 5.73 Å². The third-order valence-corrected chi connectivity index (χ3v) is 3.43. The molecule has 98 valence electrons. The Bertz CT molecular complexity index is 546. The molecule has 1 saturated carbocycles. The minimum Gasteiger partial charge on any atom is -0.397 e. The van der Waals surface area contributed by atoms with Crippen LogP contribution in [0.5, 0.6) is 0 Å². The van der Waals surface area contributed by atoms with Gasteiger partial charge in [-0.2, -0.15) is 0 Å². The molecular weight excluding hydrogens is 238 g/mol. The molecule has 1 aliphatic rings. The monoisotopic (exact) mass is 255 g/mol. The second-order valence-corrected chi connectivity index (χ2v) is 4.94. The molecule has 2 heterocycles. The predicted octanol–water partition coefficient (Wildman–Crippen LogP) is 2.48. The Morgan fingerprint density at radius 1 is 1.11 bits per heavy atom. The number of hydrogen-bond acceptors (Lipinski definition) is 5. The molecule has 0 bridgehead atoms. The first-order valence-corrected chi connectivity index (χ1v) is 6.62. The van der Waals surface area contributed by atoms with Crippen molar-refractivity contribution in [1.29, 1.82) is 0 Å². The number of anilines is 2. The summed E-state index contributed by atoms with van der Waals surface area (Å²) in [5.74, 6) is 0.840. The lowest BCUT2D eigenvalue weighted by molar-refractivity contribution is 0.746. The van der Waals surface area contributed by atoms with Gasteiger partial charge in [-0.25, -0.2) is 0 Å². The normalized spacial score (nSPS) is 15.6. The number of nitrogens with zero attached hydrogens (tertiary/aromatic N) is 3. The average Bonchev–Trinajstić information content (AvgIpc) is 2.92. The van der Waals surface area contributed by atoms with E-state index in [1.807, 2.05) is 18.2 Å². The lowest BCUT2D eigenvalue weighted by Gasteiger charge is -2.11. The third-order valence-electron chi connectivity index (χ3n) is 3.43. The molecule has 0 atom stereocenters. The lowest BCUT2D eigenvalue weighted by Crippen LogP contribution is -2.15. The van der Waals surface area contributed by atoms with Gasteiger partial charge in [0.2, 0.25) is 0 Å². The van der Waals surface area contributed by atoms with Gasteiger partial charge in [-0.15, -0.1) is 10.2 Å². The van der Waals surface area contributed by atoms with Gasteiger partial charge in [-0.05, 0) is 31.0 Å². The number of nitrogens with two attached hydrogens (primary N) is 1. The Hall–Kier alpha value is -2.17. The van der Waals surface area contributed by atoms with Gasteiger partial charge in [0, 0.05) is 24.0 Å². The van der Waals surface area contributed by atoms with E-state index in [2.05, 4.69) is 20.5 Å². The van der Waals surface area contributed by atoms with Gasteiger partial charge in [0.1, 0.15) is 5.82 Å². The summed E-state index contributed by atoms with van der Waals surface area (Å²) in [6, 6.07) is 6.31. The number of aromatic nitrogens is 3. The van der Waals surface area contributed by atoms with Crippen LogP contribution in [0.2, 0.25) is 0 Å². The zero-order chi connectivity index (χ0) is 13.1. The van der Waals surface area contributed by atoms with Crippen LogP contribution in [0, 0.1) is 0 Å². The van der Waals surface area contributed by atoms with E-state index in [-0.39, 0.29) is 0 Å². The van der Waals surface area contributed by atoms with Gasteiger partial charge in [0.05, 0.1) is 11.4 Å². The van der Waals surface area contributed by atoms with Crippen molar-refractivity contribution < 1.29 is 0 Å². The summed E-state index contributed by atoms with van der Waals surface area (Å²) >= 11 is 0. The molecule has 19 heavy (non-hydrogen) atoms. The molecule has 3 rings (SSSR count). The van der Waals surface area contributed by atoms with Gasteiger partial charge in [0.25, 0.3) is 0 Å². The van der Waals surface area contributed by atoms with Crippen molar-refractivity contribution in [3.05, 3.63) is 30.6 Å². The highest BCUT2D eigenvalue weighted by Gasteiger charge is 2.15. The second-order valence-electron chi connectivity index (χ2n) is 4.94. The van der Waals surface area contributed by atoms with E-state index in [1.54, 1.807) is 12.4 Å². The van der Waals surface area contributed by atoms with E-state index >= 15 is 0 Å². The minimum absolute atomic E-state index is 0.550. The largest absolute Gasteiger partial charge is 0.397 e. The van der Waals surface area contributed by atoms with Gasteiger partial charge >= 0.3 is 0 Å². The standard InChI is InChI=1S/C14H17N5/c15-11-7-10(8-16-9-11)13-5-6-14(19-18-13)17-12-3-1-2-4-12/h5-9,12H,1-4,15H2,(H,17,19). The summed E-state index contributed by atoms with van der Waals surface area (Å²) in [5, 5.41) is 11.9. The van der Waals surface area contributed by atoms with E-state index in [0.29, 0.717) is 11.7 Å². The van der Waals surface area contributed by atoms with Crippen molar-refractivity contribution in [3.8, 4) is 11.3 Å². The smallest absolute Gasteiger partial charge is 0.148 e. The Morgan fingerprint density at radius 2 is 1.95 bits per heavy atom. The maximum Gasteiger partial charge on any atom is 0.148 e. The van der Waals surface area contributed by atoms with Crippen LogP contribution in [0.1, 0.15) is 25.7 Å². The van der Waals surface area contributed by atoms with Crippen molar-refractivity contribution >= 4 is 11.5 Å². The van der Waals surface area contributed by atoms with Crippen LogP contribution in [0.25, 0.3) is 11.3 Å². The number of pyridine rings is 1. The molecule has 2 aromatic rings. The SMILES string of the molecule is Nc1cncc(-c2ccc(NC3CCCC3)nn2)c1. The predicted molar refractivity (Wildman–Crippen MR) is 75.6 cm³/mol. The van der Waals surface area contributed by atoms with Gasteiger partial charge in [-0.3, -0.25) is 4.98 Å². The molecule has 1 fully saturated rings. The van der Waals surface area contributed by atoms with E-state index < -0.39 is 0 Å². The van der Waals surface area contributed by atoms with Gasteiger partial charge in [0.15, 0.2) is 0 Å². The first-order chi connectivity index (χ1) is 9.31. The quantitative estimate of drug-likeness (QED) is 0.881. The molecule has 3 N–H and O–H groups in total. The summed E-state index contributed by atoms with van der Waals surface area (Å²) in [5.41, 5.74) is 8.02. The fraction of sp³-hybridized carbons (Fsp3) is 0.357. The highest BCUT2D eigenvalue weighted by molar-refractivity contribution is 5.62. The van der Waals surface area contributed by atoms with Crippen molar-refractivity contribution in [1.82, 2.24) is 15.2 Å². The fourth-order valence-electron chi connectivity index (χ4n) is 2.44. The zero-order valence-electron chi connectivity index (χ0n) is 10.7. The third kappa shape index (κ3) is 2.81. The lowest BCUT2D eigenvalue weighted by atomic mass is 10.2. The van der Waals surface area contributed by atoms with Crippen LogP contribution < -0.4 is 11.1 Å². The molecule has 1 aliphatic carbocycles. The molecule has 5 heteroatoms. The molecule has 0 amide bonds. The zero-order valence-corrected chi connectivity index (χ0v) is 10.7. The number of rotatable bonds is 3. The molecule has 0 saturated heterocycles. The summed E-state index contributed by atoms with van der Waals surface area (Å²) < 4.78 is 0. The summed E-state index contributed by atoms with van der Waals surface area (Å²) in [6.07, 6.45) is 8.42. The van der Waals surface area contributed by atoms with Gasteiger partial charge in [-0.1, -0.05) is 12.8 Å². The molecular formula is C14H17N5. The fourth-order valence-corrected chi connectivity index (χ4v) is 2.44. The summed E-state index contributed by atoms with van der Waals surface area (Å²) in [7, 11) is 0. The van der Waals surface area contributed by atoms with Crippen LogP contribution >= 0.6 is 0 Å².